The molecule has 0 amide bonds. The Morgan fingerprint density at radius 2 is 1.96 bits per heavy atom. The Morgan fingerprint density at radius 1 is 1.12 bits per heavy atom. The molecule has 4 nitrogen and oxygen atoms in total. The Kier molecular flexibility index (Phi) is 3.50. The van der Waals surface area contributed by atoms with Crippen LogP contribution in [0.25, 0.3) is 11.3 Å². The first-order valence-electron chi connectivity index (χ1n) is 8.93. The lowest BCUT2D eigenvalue weighted by Gasteiger charge is -2.34. The highest BCUT2D eigenvalue weighted by molar-refractivity contribution is 6.33. The molecule has 0 atom stereocenters. The SMILES string of the molecule is CN1CCN(c2cc(Cl)c3c(c2)N=CC2=CCCc4ccn-3c42)CC1. The Morgan fingerprint density at radius 3 is 2.80 bits per heavy atom. The van der Waals surface area contributed by atoms with Crippen molar-refractivity contribution < 1.29 is 0 Å². The molecule has 0 radical (unpaired) electrons. The highest BCUT2D eigenvalue weighted by Crippen LogP contribution is 2.41. The zero-order valence-corrected chi connectivity index (χ0v) is 15.1. The highest BCUT2D eigenvalue weighted by Gasteiger charge is 2.24. The first-order valence-corrected chi connectivity index (χ1v) is 9.31. The van der Waals surface area contributed by atoms with Crippen LogP contribution in [0.1, 0.15) is 17.7 Å². The van der Waals surface area contributed by atoms with Crippen molar-refractivity contribution in [2.24, 2.45) is 4.99 Å². The summed E-state index contributed by atoms with van der Waals surface area (Å²) in [5.41, 5.74) is 6.97. The number of aromatic nitrogens is 1. The van der Waals surface area contributed by atoms with Crippen molar-refractivity contribution in [3.05, 3.63) is 46.8 Å². The maximum Gasteiger partial charge on any atom is 0.0906 e. The van der Waals surface area contributed by atoms with Gasteiger partial charge in [0, 0.05) is 49.9 Å². The summed E-state index contributed by atoms with van der Waals surface area (Å²) in [6.07, 6.45) is 8.59. The van der Waals surface area contributed by atoms with E-state index in [-0.39, 0.29) is 0 Å². The number of hydrogen-bond donors (Lipinski definition) is 0. The van der Waals surface area contributed by atoms with Crippen molar-refractivity contribution in [3.63, 3.8) is 0 Å². The number of piperazine rings is 1. The molecule has 2 aliphatic heterocycles. The van der Waals surface area contributed by atoms with E-state index in [1.54, 1.807) is 0 Å². The molecular formula is C20H21ClN4. The molecule has 5 rings (SSSR count). The quantitative estimate of drug-likeness (QED) is 0.776. The van der Waals surface area contributed by atoms with E-state index in [2.05, 4.69) is 51.9 Å². The van der Waals surface area contributed by atoms with Crippen LogP contribution in [-0.2, 0) is 6.42 Å². The zero-order chi connectivity index (χ0) is 17.0. The molecule has 25 heavy (non-hydrogen) atoms. The van der Waals surface area contributed by atoms with Gasteiger partial charge in [-0.05, 0) is 43.7 Å². The number of hydrogen-bond acceptors (Lipinski definition) is 3. The minimum Gasteiger partial charge on any atom is -0.369 e. The Bertz CT molecular complexity index is 901. The summed E-state index contributed by atoms with van der Waals surface area (Å²) >= 11 is 6.76. The van der Waals surface area contributed by atoms with Gasteiger partial charge >= 0.3 is 0 Å². The monoisotopic (exact) mass is 352 g/mol. The molecule has 0 N–H and O–H groups in total. The molecule has 1 aliphatic carbocycles. The van der Waals surface area contributed by atoms with Gasteiger partial charge in [-0.3, -0.25) is 4.99 Å². The summed E-state index contributed by atoms with van der Waals surface area (Å²) in [4.78, 5) is 9.56. The fourth-order valence-electron chi connectivity index (χ4n) is 4.07. The fourth-order valence-corrected chi connectivity index (χ4v) is 4.37. The van der Waals surface area contributed by atoms with Crippen molar-refractivity contribution in [1.82, 2.24) is 9.47 Å². The van der Waals surface area contributed by atoms with Crippen molar-refractivity contribution in [1.29, 1.82) is 0 Å². The van der Waals surface area contributed by atoms with Crippen LogP contribution in [0.4, 0.5) is 11.4 Å². The largest absolute Gasteiger partial charge is 0.369 e. The van der Waals surface area contributed by atoms with Crippen molar-refractivity contribution >= 4 is 34.8 Å². The molecule has 128 valence electrons. The second-order valence-corrected chi connectivity index (χ2v) is 7.51. The summed E-state index contributed by atoms with van der Waals surface area (Å²) in [5, 5.41) is 0.772. The molecule has 3 aliphatic rings. The van der Waals surface area contributed by atoms with Crippen LogP contribution in [0.3, 0.4) is 0 Å². The van der Waals surface area contributed by atoms with Crippen molar-refractivity contribution in [2.75, 3.05) is 38.1 Å². The predicted octanol–water partition coefficient (Wildman–Crippen LogP) is 3.93. The van der Waals surface area contributed by atoms with Crippen molar-refractivity contribution in [2.45, 2.75) is 12.8 Å². The number of nitrogens with zero attached hydrogens (tertiary/aromatic N) is 4. The molecule has 1 fully saturated rings. The summed E-state index contributed by atoms with van der Waals surface area (Å²) in [6.45, 7) is 4.21. The van der Waals surface area contributed by atoms with Gasteiger partial charge in [-0.25, -0.2) is 0 Å². The lowest BCUT2D eigenvalue weighted by molar-refractivity contribution is 0.313. The van der Waals surface area contributed by atoms with Crippen LogP contribution < -0.4 is 4.90 Å². The van der Waals surface area contributed by atoms with E-state index in [1.165, 1.54) is 22.5 Å². The van der Waals surface area contributed by atoms with Gasteiger partial charge < -0.3 is 14.4 Å². The van der Waals surface area contributed by atoms with Gasteiger partial charge in [-0.15, -0.1) is 0 Å². The number of halogens is 1. The third-order valence-electron chi connectivity index (χ3n) is 5.50. The molecule has 1 saturated heterocycles. The zero-order valence-electron chi connectivity index (χ0n) is 14.4. The van der Waals surface area contributed by atoms with Crippen LogP contribution in [0, 0.1) is 0 Å². The average molecular weight is 353 g/mol. The summed E-state index contributed by atoms with van der Waals surface area (Å²) in [6, 6.07) is 6.51. The topological polar surface area (TPSA) is 23.8 Å². The van der Waals surface area contributed by atoms with Crippen LogP contribution in [0.15, 0.2) is 35.5 Å². The van der Waals surface area contributed by atoms with E-state index in [1.807, 2.05) is 6.21 Å². The van der Waals surface area contributed by atoms with Crippen LogP contribution in [-0.4, -0.2) is 48.9 Å². The van der Waals surface area contributed by atoms with Crippen molar-refractivity contribution in [3.8, 4) is 5.69 Å². The first-order chi connectivity index (χ1) is 12.2. The van der Waals surface area contributed by atoms with E-state index < -0.39 is 0 Å². The van der Waals surface area contributed by atoms with E-state index in [4.69, 9.17) is 16.6 Å². The van der Waals surface area contributed by atoms with Gasteiger partial charge in [0.25, 0.3) is 0 Å². The van der Waals surface area contributed by atoms with Gasteiger partial charge in [0.2, 0.25) is 0 Å². The van der Waals surface area contributed by atoms with Gasteiger partial charge in [0.05, 0.1) is 22.1 Å². The highest BCUT2D eigenvalue weighted by atomic mass is 35.5. The number of aliphatic imine (C=N–C) groups is 1. The molecule has 0 spiro atoms. The van der Waals surface area contributed by atoms with E-state index >= 15 is 0 Å². The lowest BCUT2D eigenvalue weighted by atomic mass is 9.98. The molecule has 3 heterocycles. The molecule has 1 aromatic carbocycles. The second-order valence-electron chi connectivity index (χ2n) is 7.10. The maximum absolute atomic E-state index is 6.76. The lowest BCUT2D eigenvalue weighted by Crippen LogP contribution is -2.44. The van der Waals surface area contributed by atoms with Crippen LogP contribution in [0.5, 0.6) is 0 Å². The number of fused-ring (bicyclic) bond motifs is 2. The number of likely N-dealkylation sites (N-methyl/N-ethyl adjacent to an activating group) is 1. The second kappa shape index (κ2) is 5.75. The van der Waals surface area contributed by atoms with E-state index in [0.29, 0.717) is 0 Å². The van der Waals surface area contributed by atoms with E-state index in [9.17, 15) is 0 Å². The number of allylic oxidation sites excluding steroid dienone is 2. The Labute approximate surface area is 153 Å². The maximum atomic E-state index is 6.76. The van der Waals surface area contributed by atoms with Crippen LogP contribution >= 0.6 is 11.6 Å². The number of anilines is 1. The first kappa shape index (κ1) is 15.2. The van der Waals surface area contributed by atoms with Gasteiger partial charge in [0.1, 0.15) is 0 Å². The number of aryl methyl sites for hydroxylation is 1. The molecule has 0 bridgehead atoms. The third-order valence-corrected chi connectivity index (χ3v) is 5.79. The standard InChI is InChI=1S/C20H21ClN4/c1-23-7-9-24(10-8-23)16-11-17(21)20-18(12-16)22-13-15-4-2-3-14-5-6-25(20)19(14)15/h4-6,11-13H,2-3,7-10H2,1H3. The fraction of sp³-hybridized carbons (Fsp3) is 0.350. The summed E-state index contributed by atoms with van der Waals surface area (Å²) in [7, 11) is 2.17. The Hall–Kier alpha value is -2.04. The number of benzene rings is 1. The Balaban J connectivity index is 1.63. The smallest absolute Gasteiger partial charge is 0.0906 e. The normalized spacial score (nSPS) is 19.3. The third kappa shape index (κ3) is 2.43. The molecule has 0 unspecified atom stereocenters. The molecule has 2 aromatic rings. The molecule has 5 heteroatoms. The van der Waals surface area contributed by atoms with Gasteiger partial charge in [-0.1, -0.05) is 17.7 Å². The molecule has 1 aromatic heterocycles. The van der Waals surface area contributed by atoms with E-state index in [0.717, 1.165) is 55.4 Å². The summed E-state index contributed by atoms with van der Waals surface area (Å²) in [5.74, 6) is 0. The van der Waals surface area contributed by atoms with Gasteiger partial charge in [0.15, 0.2) is 0 Å². The minimum absolute atomic E-state index is 0.772. The predicted molar refractivity (Wildman–Crippen MR) is 105 cm³/mol. The minimum atomic E-state index is 0.772. The average Bonchev–Trinajstić information content (AvgIpc) is 2.96. The van der Waals surface area contributed by atoms with Gasteiger partial charge in [-0.2, -0.15) is 0 Å². The number of rotatable bonds is 1. The molecular weight excluding hydrogens is 332 g/mol. The van der Waals surface area contributed by atoms with Crippen LogP contribution in [0.2, 0.25) is 5.02 Å². The molecule has 0 saturated carbocycles. The summed E-state index contributed by atoms with van der Waals surface area (Å²) < 4.78 is 2.22.